The average molecular weight is 971 g/mol. The number of amidine groups is 1. The predicted octanol–water partition coefficient (Wildman–Crippen LogP) is 8.58. The number of hydrogen-bond donors (Lipinski definition) is 2. The van der Waals surface area contributed by atoms with Crippen LogP contribution in [-0.4, -0.2) is 100 Å². The Morgan fingerprint density at radius 1 is 0.899 bits per heavy atom. The van der Waals surface area contributed by atoms with E-state index in [2.05, 4.69) is 55.9 Å². The third-order valence-corrected chi connectivity index (χ3v) is 13.6. The van der Waals surface area contributed by atoms with E-state index in [1.807, 2.05) is 79.7 Å². The molecule has 0 aliphatic carbocycles. The minimum atomic E-state index is -0.556. The van der Waals surface area contributed by atoms with Crippen LogP contribution < -0.4 is 15.4 Å². The van der Waals surface area contributed by atoms with Crippen molar-refractivity contribution in [1.82, 2.24) is 30.2 Å². The SMILES string of the molecule is C=C1NC(=O)CCC1N1Cc2c(C#CCCCC(=O)NCC(=O)N3CCN(C(=O)N4C(c5ccc(C(C)(C)C)cc5OCC)=NC(c5ccc(Cl)cc5)C4c4ccc(Cl)cc4)CC3)cccc2C1=O. The van der Waals surface area contributed by atoms with E-state index in [1.54, 1.807) is 25.7 Å². The molecule has 6 amide bonds. The number of urea groups is 1. The number of benzene rings is 4. The number of rotatable bonds is 11. The lowest BCUT2D eigenvalue weighted by molar-refractivity contribution is -0.134. The Morgan fingerprint density at radius 2 is 1.58 bits per heavy atom. The van der Waals surface area contributed by atoms with Crippen LogP contribution in [0.2, 0.25) is 10.0 Å². The highest BCUT2D eigenvalue weighted by atomic mass is 35.5. The fraction of sp³-hybridized carbons (Fsp3) is 0.370. The van der Waals surface area contributed by atoms with Crippen molar-refractivity contribution >= 4 is 58.7 Å². The minimum absolute atomic E-state index is 0.0924. The van der Waals surface area contributed by atoms with Gasteiger partial charge in [-0.05, 0) is 96.0 Å². The third kappa shape index (κ3) is 10.8. The number of nitrogens with one attached hydrogen (secondary N) is 2. The van der Waals surface area contributed by atoms with E-state index < -0.39 is 12.1 Å². The normalized spacial score (nSPS) is 19.1. The van der Waals surface area contributed by atoms with Crippen LogP contribution in [0.5, 0.6) is 5.75 Å². The molecule has 3 unspecified atom stereocenters. The van der Waals surface area contributed by atoms with Gasteiger partial charge in [0.2, 0.25) is 17.7 Å². The van der Waals surface area contributed by atoms with Crippen molar-refractivity contribution in [3.63, 3.8) is 0 Å². The summed E-state index contributed by atoms with van der Waals surface area (Å²) < 4.78 is 6.27. The van der Waals surface area contributed by atoms with Crippen LogP contribution in [0.15, 0.2) is 102 Å². The van der Waals surface area contributed by atoms with E-state index in [1.165, 1.54) is 0 Å². The number of amides is 6. The summed E-state index contributed by atoms with van der Waals surface area (Å²) in [5.74, 6) is 6.74. The van der Waals surface area contributed by atoms with Crippen molar-refractivity contribution in [3.05, 3.63) is 146 Å². The molecule has 0 aromatic heterocycles. The van der Waals surface area contributed by atoms with Gasteiger partial charge in [-0.15, -0.1) is 0 Å². The van der Waals surface area contributed by atoms with Gasteiger partial charge in [0.25, 0.3) is 5.91 Å². The molecule has 0 radical (unpaired) electrons. The fourth-order valence-corrected chi connectivity index (χ4v) is 9.56. The molecule has 4 aliphatic rings. The van der Waals surface area contributed by atoms with Crippen molar-refractivity contribution < 1.29 is 28.7 Å². The van der Waals surface area contributed by atoms with Crippen LogP contribution in [0, 0.1) is 11.8 Å². The molecule has 2 fully saturated rings. The predicted molar refractivity (Wildman–Crippen MR) is 267 cm³/mol. The number of piperidine rings is 1. The van der Waals surface area contributed by atoms with Crippen LogP contribution in [0.25, 0.3) is 0 Å². The molecule has 2 N–H and O–H groups in total. The van der Waals surface area contributed by atoms with Crippen molar-refractivity contribution in [2.45, 2.75) is 89.9 Å². The van der Waals surface area contributed by atoms with Crippen LogP contribution in [0.3, 0.4) is 0 Å². The number of nitrogens with zero attached hydrogens (tertiary/aromatic N) is 5. The monoisotopic (exact) mass is 969 g/mol. The Labute approximate surface area is 413 Å². The molecule has 4 heterocycles. The van der Waals surface area contributed by atoms with E-state index in [0.29, 0.717) is 77.3 Å². The van der Waals surface area contributed by atoms with E-state index in [-0.39, 0.29) is 80.3 Å². The van der Waals surface area contributed by atoms with Gasteiger partial charge in [0, 0.05) is 78.9 Å². The van der Waals surface area contributed by atoms with Gasteiger partial charge in [-0.2, -0.15) is 0 Å². The fourth-order valence-electron chi connectivity index (χ4n) is 9.31. The third-order valence-electron chi connectivity index (χ3n) is 13.1. The molecule has 69 heavy (non-hydrogen) atoms. The standard InChI is InChI=1S/C54H57Cl2N7O6/c1-6-69-45-31-38(54(3,4)5)19-24-42(45)51-59-49(36-15-20-39(55)21-16-36)50(37-17-22-40(56)23-18-37)63(51)53(68)61-29-27-60(28-30-61)48(66)32-57-46(64)14-9-7-8-11-35-12-10-13-41-43(35)33-62(52(41)67)44-25-26-47(65)58-34(44)2/h10,12-13,15-24,31,44,49-50H,2,6-7,9,14,25-30,32-33H2,1,3-5H3,(H,57,64)(H,58,65). The zero-order valence-corrected chi connectivity index (χ0v) is 41.0. The number of unbranched alkanes of at least 4 members (excludes halogenated alkanes) is 1. The first-order valence-electron chi connectivity index (χ1n) is 23.5. The lowest BCUT2D eigenvalue weighted by atomic mass is 9.86. The van der Waals surface area contributed by atoms with E-state index >= 15 is 4.79 Å². The second-order valence-corrected chi connectivity index (χ2v) is 19.6. The largest absolute Gasteiger partial charge is 0.493 e. The molecule has 4 aliphatic heterocycles. The summed E-state index contributed by atoms with van der Waals surface area (Å²) in [6, 6.07) is 25.0. The molecule has 4 aromatic carbocycles. The summed E-state index contributed by atoms with van der Waals surface area (Å²) in [5, 5.41) is 6.68. The molecule has 8 rings (SSSR count). The van der Waals surface area contributed by atoms with Crippen LogP contribution in [0.1, 0.15) is 116 Å². The van der Waals surface area contributed by atoms with Crippen molar-refractivity contribution in [2.75, 3.05) is 39.3 Å². The topological polar surface area (TPSA) is 144 Å². The maximum atomic E-state index is 15.1. The van der Waals surface area contributed by atoms with Crippen molar-refractivity contribution in [3.8, 4) is 17.6 Å². The first-order valence-corrected chi connectivity index (χ1v) is 24.3. The Balaban J connectivity index is 0.897. The summed E-state index contributed by atoms with van der Waals surface area (Å²) >= 11 is 12.7. The highest BCUT2D eigenvalue weighted by molar-refractivity contribution is 6.30. The van der Waals surface area contributed by atoms with Crippen LogP contribution in [-0.2, 0) is 26.3 Å². The Bertz CT molecular complexity index is 2750. The van der Waals surface area contributed by atoms with Gasteiger partial charge >= 0.3 is 6.03 Å². The number of fused-ring (bicyclic) bond motifs is 1. The maximum Gasteiger partial charge on any atom is 0.326 e. The molecule has 358 valence electrons. The first-order chi connectivity index (χ1) is 33.1. The Kier molecular flexibility index (Phi) is 14.8. The molecule has 15 heteroatoms. The van der Waals surface area contributed by atoms with Gasteiger partial charge in [-0.25, -0.2) is 4.79 Å². The first kappa shape index (κ1) is 48.8. The maximum absolute atomic E-state index is 15.1. The highest BCUT2D eigenvalue weighted by Crippen LogP contribution is 2.46. The van der Waals surface area contributed by atoms with E-state index in [4.69, 9.17) is 32.9 Å². The number of halogens is 2. The second-order valence-electron chi connectivity index (χ2n) is 18.7. The van der Waals surface area contributed by atoms with E-state index in [9.17, 15) is 19.2 Å². The highest BCUT2D eigenvalue weighted by Gasteiger charge is 2.45. The van der Waals surface area contributed by atoms with Gasteiger partial charge in [0.05, 0.1) is 30.8 Å². The summed E-state index contributed by atoms with van der Waals surface area (Å²) in [4.78, 5) is 78.8. The van der Waals surface area contributed by atoms with Crippen molar-refractivity contribution in [2.24, 2.45) is 4.99 Å². The molecule has 0 saturated carbocycles. The smallest absolute Gasteiger partial charge is 0.326 e. The number of hydrogen-bond acceptors (Lipinski definition) is 7. The molecular weight excluding hydrogens is 914 g/mol. The number of carbonyl (C=O) groups is 5. The molecular formula is C54H57Cl2N7O6. The quantitative estimate of drug-likeness (QED) is 0.114. The Hall–Kier alpha value is -6.62. The van der Waals surface area contributed by atoms with Gasteiger partial charge in [-0.3, -0.25) is 29.1 Å². The molecule has 0 bridgehead atoms. The number of ether oxygens (including phenoxy) is 1. The van der Waals surface area contributed by atoms with Gasteiger partial charge in [-0.1, -0.05) is 98.8 Å². The Morgan fingerprint density at radius 3 is 2.25 bits per heavy atom. The van der Waals surface area contributed by atoms with Crippen LogP contribution >= 0.6 is 23.2 Å². The average Bonchev–Trinajstić information content (AvgIpc) is 3.89. The molecule has 13 nitrogen and oxygen atoms in total. The lowest BCUT2D eigenvalue weighted by Crippen LogP contribution is -2.56. The number of aliphatic imine (C=N–C) groups is 1. The zero-order chi connectivity index (χ0) is 49.0. The number of carbonyl (C=O) groups excluding carboxylic acids is 5. The van der Waals surface area contributed by atoms with Crippen LogP contribution in [0.4, 0.5) is 4.79 Å². The summed E-state index contributed by atoms with van der Waals surface area (Å²) in [6.07, 6.45) is 1.98. The molecule has 3 atom stereocenters. The number of piperazine rings is 1. The summed E-state index contributed by atoms with van der Waals surface area (Å²) in [5.41, 5.74) is 6.07. The second kappa shape index (κ2) is 20.9. The molecule has 4 aromatic rings. The molecule has 2 saturated heterocycles. The van der Waals surface area contributed by atoms with Gasteiger partial charge in [0.1, 0.15) is 17.6 Å². The minimum Gasteiger partial charge on any atom is -0.493 e. The van der Waals surface area contributed by atoms with Crippen molar-refractivity contribution in [1.29, 1.82) is 0 Å². The van der Waals surface area contributed by atoms with Gasteiger partial charge < -0.3 is 30.1 Å². The van der Waals surface area contributed by atoms with Gasteiger partial charge in [0.15, 0.2) is 0 Å². The summed E-state index contributed by atoms with van der Waals surface area (Å²) in [6.45, 7) is 14.1. The summed E-state index contributed by atoms with van der Waals surface area (Å²) in [7, 11) is 0. The molecule has 0 spiro atoms. The zero-order valence-electron chi connectivity index (χ0n) is 39.4. The lowest BCUT2D eigenvalue weighted by Gasteiger charge is -2.39. The van der Waals surface area contributed by atoms with E-state index in [0.717, 1.165) is 27.8 Å².